The van der Waals surface area contributed by atoms with Gasteiger partial charge in [0, 0.05) is 6.07 Å². The minimum atomic E-state index is -4.78. The molecule has 1 unspecified atom stereocenters. The fourth-order valence-electron chi connectivity index (χ4n) is 2.66. The highest BCUT2D eigenvalue weighted by Crippen LogP contribution is 2.39. The van der Waals surface area contributed by atoms with Crippen molar-refractivity contribution in [3.8, 4) is 11.5 Å². The summed E-state index contributed by atoms with van der Waals surface area (Å²) in [5.41, 5.74) is -1.02. The molecule has 1 aromatic heterocycles. The van der Waals surface area contributed by atoms with Gasteiger partial charge in [-0.2, -0.15) is 13.2 Å². The third-order valence-corrected chi connectivity index (χ3v) is 4.34. The Bertz CT molecular complexity index is 1130. The molecule has 3 aromatic rings. The van der Waals surface area contributed by atoms with Crippen molar-refractivity contribution in [1.82, 2.24) is 4.57 Å². The first-order chi connectivity index (χ1) is 13.5. The van der Waals surface area contributed by atoms with E-state index in [1.54, 1.807) is 0 Å². The van der Waals surface area contributed by atoms with Crippen LogP contribution in [0.15, 0.2) is 39.5 Å². The molecule has 0 aliphatic carbocycles. The summed E-state index contributed by atoms with van der Waals surface area (Å²) in [4.78, 5) is 23.8. The number of halogens is 5. The second kappa shape index (κ2) is 7.43. The molecule has 0 saturated heterocycles. The fourth-order valence-corrected chi connectivity index (χ4v) is 2.90. The van der Waals surface area contributed by atoms with E-state index in [4.69, 9.17) is 20.8 Å². The summed E-state index contributed by atoms with van der Waals surface area (Å²) in [6.07, 6.45) is -4.78. The highest BCUT2D eigenvalue weighted by atomic mass is 35.5. The lowest BCUT2D eigenvalue weighted by Gasteiger charge is -2.13. The van der Waals surface area contributed by atoms with E-state index < -0.39 is 46.1 Å². The van der Waals surface area contributed by atoms with Gasteiger partial charge in [0.15, 0.2) is 17.1 Å². The van der Waals surface area contributed by atoms with Gasteiger partial charge in [0.05, 0.1) is 23.2 Å². The van der Waals surface area contributed by atoms with E-state index in [0.717, 1.165) is 11.7 Å². The van der Waals surface area contributed by atoms with Gasteiger partial charge < -0.3 is 13.9 Å². The predicted molar refractivity (Wildman–Crippen MR) is 93.7 cm³/mol. The second-order valence-electron chi connectivity index (χ2n) is 5.94. The number of benzene rings is 2. The maximum Gasteiger partial charge on any atom is 0.420 e. The largest absolute Gasteiger partial charge is 0.467 e. The first-order valence-corrected chi connectivity index (χ1v) is 8.37. The molecule has 0 N–H and O–H groups in total. The molecule has 1 atom stereocenters. The van der Waals surface area contributed by atoms with Crippen molar-refractivity contribution in [2.45, 2.75) is 19.1 Å². The van der Waals surface area contributed by atoms with Gasteiger partial charge in [-0.1, -0.05) is 11.6 Å². The lowest BCUT2D eigenvalue weighted by Crippen LogP contribution is -2.25. The van der Waals surface area contributed by atoms with E-state index in [1.165, 1.54) is 25.1 Å². The molecule has 0 fully saturated rings. The van der Waals surface area contributed by atoms with Crippen molar-refractivity contribution in [1.29, 1.82) is 0 Å². The van der Waals surface area contributed by atoms with Gasteiger partial charge in [0.2, 0.25) is 0 Å². The van der Waals surface area contributed by atoms with Crippen molar-refractivity contribution >= 4 is 28.7 Å². The maximum atomic E-state index is 14.2. The number of methoxy groups -OCH3 is 1. The van der Waals surface area contributed by atoms with Gasteiger partial charge >= 0.3 is 17.9 Å². The SMILES string of the molecule is COC(=O)C(C)n1c(=O)oc2ccc(Oc3c(F)cc(C(F)(F)F)cc3Cl)cc21. The van der Waals surface area contributed by atoms with Gasteiger partial charge in [0.25, 0.3) is 0 Å². The van der Waals surface area contributed by atoms with E-state index in [0.29, 0.717) is 6.07 Å². The van der Waals surface area contributed by atoms with Crippen LogP contribution in [0.1, 0.15) is 18.5 Å². The molecule has 0 amide bonds. The highest BCUT2D eigenvalue weighted by Gasteiger charge is 2.33. The number of nitrogens with zero attached hydrogens (tertiary/aromatic N) is 1. The van der Waals surface area contributed by atoms with E-state index in [2.05, 4.69) is 4.74 Å². The zero-order valence-corrected chi connectivity index (χ0v) is 15.6. The molecule has 2 aromatic carbocycles. The molecule has 3 rings (SSSR count). The van der Waals surface area contributed by atoms with Crippen LogP contribution >= 0.6 is 11.6 Å². The normalized spacial score (nSPS) is 12.8. The first-order valence-electron chi connectivity index (χ1n) is 8.00. The molecule has 11 heteroatoms. The zero-order chi connectivity index (χ0) is 21.5. The van der Waals surface area contributed by atoms with E-state index in [1.807, 2.05) is 0 Å². The van der Waals surface area contributed by atoms with Gasteiger partial charge in [-0.3, -0.25) is 4.57 Å². The molecule has 0 aliphatic heterocycles. The minimum Gasteiger partial charge on any atom is -0.467 e. The van der Waals surface area contributed by atoms with Gasteiger partial charge in [-0.25, -0.2) is 14.0 Å². The smallest absolute Gasteiger partial charge is 0.420 e. The molecular formula is C18H12ClF4NO5. The number of alkyl halides is 3. The Morgan fingerprint density at radius 1 is 1.24 bits per heavy atom. The second-order valence-corrected chi connectivity index (χ2v) is 6.34. The summed E-state index contributed by atoms with van der Waals surface area (Å²) in [5, 5.41) is -0.593. The Kier molecular flexibility index (Phi) is 5.31. The van der Waals surface area contributed by atoms with Crippen molar-refractivity contribution in [3.05, 3.63) is 57.3 Å². The van der Waals surface area contributed by atoms with Crippen molar-refractivity contribution in [2.75, 3.05) is 7.11 Å². The highest BCUT2D eigenvalue weighted by molar-refractivity contribution is 6.32. The lowest BCUT2D eigenvalue weighted by atomic mass is 10.2. The lowest BCUT2D eigenvalue weighted by molar-refractivity contribution is -0.144. The number of oxazole rings is 1. The number of aromatic nitrogens is 1. The molecule has 6 nitrogen and oxygen atoms in total. The summed E-state index contributed by atoms with van der Waals surface area (Å²) < 4.78 is 68.4. The Hall–Kier alpha value is -3.01. The van der Waals surface area contributed by atoms with Crippen molar-refractivity contribution < 1.29 is 36.2 Å². The monoisotopic (exact) mass is 433 g/mol. The van der Waals surface area contributed by atoms with E-state index in [-0.39, 0.29) is 22.9 Å². The van der Waals surface area contributed by atoms with Gasteiger partial charge in [-0.15, -0.1) is 0 Å². The Balaban J connectivity index is 2.04. The number of hydrogen-bond donors (Lipinski definition) is 0. The van der Waals surface area contributed by atoms with Crippen LogP contribution in [0, 0.1) is 5.82 Å². The fraction of sp³-hybridized carbons (Fsp3) is 0.222. The van der Waals surface area contributed by atoms with Crippen LogP contribution in [-0.2, 0) is 15.7 Å². The molecule has 1 heterocycles. The quantitative estimate of drug-likeness (QED) is 0.431. The maximum absolute atomic E-state index is 14.2. The average Bonchev–Trinajstić information content (AvgIpc) is 2.97. The van der Waals surface area contributed by atoms with E-state index in [9.17, 15) is 27.2 Å². The number of carbonyl (C=O) groups is 1. The molecule has 154 valence electrons. The molecule has 0 saturated carbocycles. The molecular weight excluding hydrogens is 422 g/mol. The molecule has 0 bridgehead atoms. The Labute approximate surface area is 165 Å². The topological polar surface area (TPSA) is 70.7 Å². The van der Waals surface area contributed by atoms with Crippen LogP contribution in [-0.4, -0.2) is 17.6 Å². The first kappa shape index (κ1) is 20.7. The molecule has 29 heavy (non-hydrogen) atoms. The van der Waals surface area contributed by atoms with Crippen molar-refractivity contribution in [2.24, 2.45) is 0 Å². The summed E-state index contributed by atoms with van der Waals surface area (Å²) in [6, 6.07) is 3.63. The standard InChI is InChI=1S/C18H12ClF4NO5/c1-8(16(25)27-2)24-13-7-10(3-4-14(13)29-17(24)26)28-15-11(19)5-9(6-12(15)20)18(21,22)23/h3-8H,1-2H3. The molecule has 0 spiro atoms. The third-order valence-electron chi connectivity index (χ3n) is 4.06. The average molecular weight is 434 g/mol. The number of ether oxygens (including phenoxy) is 2. The minimum absolute atomic E-state index is 0.0512. The molecule has 0 radical (unpaired) electrons. The number of esters is 1. The summed E-state index contributed by atoms with van der Waals surface area (Å²) in [6.45, 7) is 1.40. The Morgan fingerprint density at radius 2 is 1.93 bits per heavy atom. The van der Waals surface area contributed by atoms with Crippen LogP contribution in [0.25, 0.3) is 11.1 Å². The molecule has 0 aliphatic rings. The summed E-state index contributed by atoms with van der Waals surface area (Å²) >= 11 is 5.76. The van der Waals surface area contributed by atoms with Gasteiger partial charge in [-0.05, 0) is 31.2 Å². The summed E-state index contributed by atoms with van der Waals surface area (Å²) in [7, 11) is 1.15. The van der Waals surface area contributed by atoms with Crippen LogP contribution < -0.4 is 10.5 Å². The predicted octanol–water partition coefficient (Wildman–Crippen LogP) is 4.93. The summed E-state index contributed by atoms with van der Waals surface area (Å²) in [5.74, 6) is -3.55. The van der Waals surface area contributed by atoms with Crippen LogP contribution in [0.5, 0.6) is 11.5 Å². The zero-order valence-electron chi connectivity index (χ0n) is 14.8. The van der Waals surface area contributed by atoms with E-state index >= 15 is 0 Å². The number of rotatable bonds is 4. The number of hydrogen-bond acceptors (Lipinski definition) is 5. The van der Waals surface area contributed by atoms with Gasteiger partial charge in [0.1, 0.15) is 11.8 Å². The Morgan fingerprint density at radius 3 is 2.52 bits per heavy atom. The van der Waals surface area contributed by atoms with Crippen LogP contribution in [0.3, 0.4) is 0 Å². The number of fused-ring (bicyclic) bond motifs is 1. The van der Waals surface area contributed by atoms with Crippen LogP contribution in [0.2, 0.25) is 5.02 Å². The number of carbonyl (C=O) groups excluding carboxylic acids is 1. The van der Waals surface area contributed by atoms with Crippen LogP contribution in [0.4, 0.5) is 17.6 Å². The third kappa shape index (κ3) is 3.93. The van der Waals surface area contributed by atoms with Crippen molar-refractivity contribution in [3.63, 3.8) is 0 Å².